The number of likely N-dealkylation sites (tertiary alicyclic amines) is 1. The van der Waals surface area contributed by atoms with Gasteiger partial charge in [-0.2, -0.15) is 0 Å². The van der Waals surface area contributed by atoms with Gasteiger partial charge in [0.2, 0.25) is 0 Å². The fraction of sp³-hybridized carbons (Fsp3) is 0.579. The van der Waals surface area contributed by atoms with Crippen LogP contribution in [0.25, 0.3) is 0 Å². The number of amides is 1. The average Bonchev–Trinajstić information content (AvgIpc) is 2.65. The normalized spacial score (nSPS) is 23.3. The van der Waals surface area contributed by atoms with Gasteiger partial charge < -0.3 is 14.4 Å². The predicted molar refractivity (Wildman–Crippen MR) is 90.0 cm³/mol. The van der Waals surface area contributed by atoms with Crippen molar-refractivity contribution >= 4 is 11.9 Å². The third-order valence-electron chi connectivity index (χ3n) is 5.20. The molecule has 24 heavy (non-hydrogen) atoms. The molecule has 2 unspecified atom stereocenters. The Balaban J connectivity index is 1.55. The quantitative estimate of drug-likeness (QED) is 0.796. The second kappa shape index (κ2) is 7.69. The lowest BCUT2D eigenvalue weighted by atomic mass is 9.78. The van der Waals surface area contributed by atoms with Crippen molar-refractivity contribution in [1.29, 1.82) is 0 Å². The number of rotatable bonds is 4. The van der Waals surface area contributed by atoms with Crippen LogP contribution in [0.5, 0.6) is 5.75 Å². The SMILES string of the molecule is COC(=O)c1ccc(OCC(=O)N2CCCC3CCCCC32)cc1. The van der Waals surface area contributed by atoms with E-state index < -0.39 is 0 Å². The highest BCUT2D eigenvalue weighted by molar-refractivity contribution is 5.89. The summed E-state index contributed by atoms with van der Waals surface area (Å²) in [4.78, 5) is 26.0. The monoisotopic (exact) mass is 331 g/mol. The zero-order valence-electron chi connectivity index (χ0n) is 14.2. The summed E-state index contributed by atoms with van der Waals surface area (Å²) in [6.07, 6.45) is 7.26. The molecular formula is C19H25NO4. The Labute approximate surface area is 142 Å². The minimum Gasteiger partial charge on any atom is -0.484 e. The highest BCUT2D eigenvalue weighted by atomic mass is 16.5. The molecule has 1 amide bonds. The second-order valence-corrected chi connectivity index (χ2v) is 6.65. The zero-order chi connectivity index (χ0) is 16.9. The number of carbonyl (C=O) groups excluding carboxylic acids is 2. The average molecular weight is 331 g/mol. The summed E-state index contributed by atoms with van der Waals surface area (Å²) in [5, 5.41) is 0. The van der Waals surface area contributed by atoms with Crippen LogP contribution in [-0.2, 0) is 9.53 Å². The fourth-order valence-corrected chi connectivity index (χ4v) is 3.97. The summed E-state index contributed by atoms with van der Waals surface area (Å²) < 4.78 is 10.3. The summed E-state index contributed by atoms with van der Waals surface area (Å²) in [6.45, 7) is 0.908. The van der Waals surface area contributed by atoms with Crippen LogP contribution in [-0.4, -0.2) is 43.1 Å². The molecule has 2 aliphatic rings. The number of nitrogens with zero attached hydrogens (tertiary/aromatic N) is 1. The Hall–Kier alpha value is -2.04. The maximum atomic E-state index is 12.6. The van der Waals surface area contributed by atoms with Crippen LogP contribution in [0.3, 0.4) is 0 Å². The number of benzene rings is 1. The third kappa shape index (κ3) is 3.71. The Morgan fingerprint density at radius 2 is 1.79 bits per heavy atom. The lowest BCUT2D eigenvalue weighted by Crippen LogP contribution is -2.51. The van der Waals surface area contributed by atoms with Gasteiger partial charge in [-0.1, -0.05) is 12.8 Å². The molecule has 5 heteroatoms. The minimum atomic E-state index is -0.380. The first-order valence-corrected chi connectivity index (χ1v) is 8.79. The van der Waals surface area contributed by atoms with Gasteiger partial charge in [0.25, 0.3) is 5.91 Å². The number of ether oxygens (including phenoxy) is 2. The Morgan fingerprint density at radius 3 is 2.54 bits per heavy atom. The maximum absolute atomic E-state index is 12.6. The molecule has 1 aromatic rings. The number of piperidine rings is 1. The van der Waals surface area contributed by atoms with Gasteiger partial charge in [0.05, 0.1) is 12.7 Å². The van der Waals surface area contributed by atoms with Gasteiger partial charge in [-0.3, -0.25) is 4.79 Å². The Kier molecular flexibility index (Phi) is 5.38. The maximum Gasteiger partial charge on any atom is 0.337 e. The number of carbonyl (C=O) groups is 2. The topological polar surface area (TPSA) is 55.8 Å². The summed E-state index contributed by atoms with van der Waals surface area (Å²) in [5.41, 5.74) is 0.470. The standard InChI is InChI=1S/C19H25NO4/c1-23-19(22)15-8-10-16(11-9-15)24-13-18(21)20-12-4-6-14-5-2-3-7-17(14)20/h8-11,14,17H,2-7,12-13H2,1H3. The van der Waals surface area contributed by atoms with E-state index in [-0.39, 0.29) is 18.5 Å². The van der Waals surface area contributed by atoms with E-state index in [1.807, 2.05) is 4.90 Å². The van der Waals surface area contributed by atoms with E-state index in [4.69, 9.17) is 4.74 Å². The van der Waals surface area contributed by atoms with Gasteiger partial charge in [-0.25, -0.2) is 4.79 Å². The van der Waals surface area contributed by atoms with Gasteiger partial charge >= 0.3 is 5.97 Å². The van der Waals surface area contributed by atoms with Crippen molar-refractivity contribution in [3.05, 3.63) is 29.8 Å². The number of fused-ring (bicyclic) bond motifs is 1. The molecule has 2 fully saturated rings. The lowest BCUT2D eigenvalue weighted by molar-refractivity contribution is -0.139. The largest absolute Gasteiger partial charge is 0.484 e. The number of hydrogen-bond donors (Lipinski definition) is 0. The van der Waals surface area contributed by atoms with E-state index in [1.165, 1.54) is 32.8 Å². The van der Waals surface area contributed by atoms with Gasteiger partial charge in [0.1, 0.15) is 5.75 Å². The van der Waals surface area contributed by atoms with Crippen LogP contribution in [0, 0.1) is 5.92 Å². The molecule has 1 aliphatic carbocycles. The van der Waals surface area contributed by atoms with Crippen molar-refractivity contribution in [3.63, 3.8) is 0 Å². The molecule has 1 saturated carbocycles. The van der Waals surface area contributed by atoms with Crippen LogP contribution >= 0.6 is 0 Å². The highest BCUT2D eigenvalue weighted by Gasteiger charge is 2.35. The van der Waals surface area contributed by atoms with E-state index in [2.05, 4.69) is 4.74 Å². The van der Waals surface area contributed by atoms with E-state index in [9.17, 15) is 9.59 Å². The van der Waals surface area contributed by atoms with Gasteiger partial charge in [0, 0.05) is 12.6 Å². The van der Waals surface area contributed by atoms with Crippen LogP contribution in [0.1, 0.15) is 48.9 Å². The van der Waals surface area contributed by atoms with Crippen molar-refractivity contribution in [2.75, 3.05) is 20.3 Å². The molecule has 0 aromatic heterocycles. The van der Waals surface area contributed by atoms with E-state index in [1.54, 1.807) is 24.3 Å². The highest BCUT2D eigenvalue weighted by Crippen LogP contribution is 2.35. The first kappa shape index (κ1) is 16.8. The van der Waals surface area contributed by atoms with Crippen LogP contribution in [0.15, 0.2) is 24.3 Å². The lowest BCUT2D eigenvalue weighted by Gasteiger charge is -2.44. The molecule has 3 rings (SSSR count). The molecule has 0 spiro atoms. The van der Waals surface area contributed by atoms with Crippen LogP contribution in [0.2, 0.25) is 0 Å². The predicted octanol–water partition coefficient (Wildman–Crippen LogP) is 3.03. The fourth-order valence-electron chi connectivity index (χ4n) is 3.97. The minimum absolute atomic E-state index is 0.0563. The van der Waals surface area contributed by atoms with Crippen molar-refractivity contribution in [2.24, 2.45) is 5.92 Å². The molecule has 0 bridgehead atoms. The van der Waals surface area contributed by atoms with Gasteiger partial charge in [0.15, 0.2) is 6.61 Å². The third-order valence-corrected chi connectivity index (χ3v) is 5.20. The molecule has 130 valence electrons. The molecular weight excluding hydrogens is 306 g/mol. The second-order valence-electron chi connectivity index (χ2n) is 6.65. The van der Waals surface area contributed by atoms with Crippen LogP contribution in [0.4, 0.5) is 0 Å². The molecule has 2 atom stereocenters. The smallest absolute Gasteiger partial charge is 0.337 e. The number of methoxy groups -OCH3 is 1. The molecule has 1 saturated heterocycles. The Morgan fingerprint density at radius 1 is 1.08 bits per heavy atom. The van der Waals surface area contributed by atoms with Gasteiger partial charge in [-0.05, 0) is 55.9 Å². The molecule has 5 nitrogen and oxygen atoms in total. The van der Waals surface area contributed by atoms with Crippen molar-refractivity contribution in [1.82, 2.24) is 4.90 Å². The summed E-state index contributed by atoms with van der Waals surface area (Å²) in [5.74, 6) is 0.960. The zero-order valence-corrected chi connectivity index (χ0v) is 14.2. The number of esters is 1. The van der Waals surface area contributed by atoms with Crippen molar-refractivity contribution < 1.29 is 19.1 Å². The summed E-state index contributed by atoms with van der Waals surface area (Å²) in [7, 11) is 1.35. The first-order chi connectivity index (χ1) is 11.7. The first-order valence-electron chi connectivity index (χ1n) is 8.79. The molecule has 1 aromatic carbocycles. The van der Waals surface area contributed by atoms with E-state index in [0.717, 1.165) is 19.4 Å². The van der Waals surface area contributed by atoms with Crippen molar-refractivity contribution in [2.45, 2.75) is 44.6 Å². The molecule has 1 heterocycles. The van der Waals surface area contributed by atoms with E-state index >= 15 is 0 Å². The van der Waals surface area contributed by atoms with Gasteiger partial charge in [-0.15, -0.1) is 0 Å². The Bertz CT molecular complexity index is 582. The van der Waals surface area contributed by atoms with E-state index in [0.29, 0.717) is 23.3 Å². The summed E-state index contributed by atoms with van der Waals surface area (Å²) in [6, 6.07) is 7.08. The van der Waals surface area contributed by atoms with Crippen LogP contribution < -0.4 is 4.74 Å². The summed E-state index contributed by atoms with van der Waals surface area (Å²) >= 11 is 0. The molecule has 0 radical (unpaired) electrons. The van der Waals surface area contributed by atoms with Crippen molar-refractivity contribution in [3.8, 4) is 5.75 Å². The number of hydrogen-bond acceptors (Lipinski definition) is 4. The molecule has 0 N–H and O–H groups in total. The molecule has 1 aliphatic heterocycles.